The summed E-state index contributed by atoms with van der Waals surface area (Å²) in [6.07, 6.45) is 0.185. The topological polar surface area (TPSA) is 88.3 Å². The Morgan fingerprint density at radius 2 is 2.00 bits per heavy atom. The quantitative estimate of drug-likeness (QED) is 0.916. The molecular weight excluding hydrogens is 308 g/mol. The number of aryl methyl sites for hydroxylation is 3. The maximum atomic E-state index is 12.8. The van der Waals surface area contributed by atoms with E-state index < -0.39 is 12.0 Å². The van der Waals surface area contributed by atoms with Crippen molar-refractivity contribution in [2.45, 2.75) is 46.3 Å². The number of carboxylic acid groups (broad SMARTS) is 1. The van der Waals surface area contributed by atoms with Gasteiger partial charge in [-0.05, 0) is 31.9 Å². The highest BCUT2D eigenvalue weighted by Crippen LogP contribution is 2.20. The number of rotatable bonds is 3. The molecule has 0 spiro atoms. The van der Waals surface area contributed by atoms with Crippen LogP contribution in [0.2, 0.25) is 0 Å². The van der Waals surface area contributed by atoms with Gasteiger partial charge in [-0.1, -0.05) is 23.8 Å². The third kappa shape index (κ3) is 2.89. The van der Waals surface area contributed by atoms with E-state index in [4.69, 9.17) is 0 Å². The SMILES string of the molecule is Cc1ccc(C)c(CC(=O)N2Cc3nnc(C)n3CC2C(=O)O)c1. The lowest BCUT2D eigenvalue weighted by Crippen LogP contribution is -2.51. The Bertz CT molecular complexity index is 812. The van der Waals surface area contributed by atoms with Crippen LogP contribution in [-0.2, 0) is 29.1 Å². The molecule has 1 aromatic carbocycles. The van der Waals surface area contributed by atoms with Crippen LogP contribution in [0.1, 0.15) is 28.3 Å². The second kappa shape index (κ2) is 6.07. The molecule has 3 rings (SSSR count). The zero-order chi connectivity index (χ0) is 17.4. The average Bonchev–Trinajstić information content (AvgIpc) is 2.90. The lowest BCUT2D eigenvalue weighted by molar-refractivity contribution is -0.152. The summed E-state index contributed by atoms with van der Waals surface area (Å²) < 4.78 is 1.76. The largest absolute Gasteiger partial charge is 0.480 e. The van der Waals surface area contributed by atoms with Gasteiger partial charge in [-0.15, -0.1) is 10.2 Å². The monoisotopic (exact) mass is 328 g/mol. The Morgan fingerprint density at radius 1 is 1.25 bits per heavy atom. The fourth-order valence-corrected chi connectivity index (χ4v) is 3.04. The third-order valence-corrected chi connectivity index (χ3v) is 4.51. The number of hydrogen-bond acceptors (Lipinski definition) is 4. The van der Waals surface area contributed by atoms with Crippen LogP contribution in [0.4, 0.5) is 0 Å². The molecule has 0 bridgehead atoms. The lowest BCUT2D eigenvalue weighted by atomic mass is 10.0. The molecule has 126 valence electrons. The molecule has 0 aliphatic carbocycles. The van der Waals surface area contributed by atoms with Gasteiger partial charge >= 0.3 is 5.97 Å². The molecule has 1 amide bonds. The maximum absolute atomic E-state index is 12.8. The number of benzene rings is 1. The predicted octanol–water partition coefficient (Wildman–Crippen LogP) is 1.24. The molecule has 0 saturated heterocycles. The van der Waals surface area contributed by atoms with Crippen molar-refractivity contribution in [2.75, 3.05) is 0 Å². The number of fused-ring (bicyclic) bond motifs is 1. The first-order valence-electron chi connectivity index (χ1n) is 7.84. The molecular formula is C17H20N4O3. The van der Waals surface area contributed by atoms with E-state index in [1.54, 1.807) is 11.5 Å². The number of carbonyl (C=O) groups is 2. The number of carboxylic acids is 1. The Morgan fingerprint density at radius 3 is 2.71 bits per heavy atom. The number of nitrogens with zero attached hydrogens (tertiary/aromatic N) is 4. The summed E-state index contributed by atoms with van der Waals surface area (Å²) in [6.45, 7) is 6.05. The number of aliphatic carboxylic acids is 1. The fraction of sp³-hybridized carbons (Fsp3) is 0.412. The minimum Gasteiger partial charge on any atom is -0.480 e. The number of carbonyl (C=O) groups excluding carboxylic acids is 1. The Kier molecular flexibility index (Phi) is 4.09. The van der Waals surface area contributed by atoms with Crippen LogP contribution in [0.25, 0.3) is 0 Å². The molecule has 2 aromatic rings. The Labute approximate surface area is 139 Å². The molecule has 7 nitrogen and oxygen atoms in total. The predicted molar refractivity (Wildman–Crippen MR) is 86.4 cm³/mol. The van der Waals surface area contributed by atoms with E-state index in [9.17, 15) is 14.7 Å². The van der Waals surface area contributed by atoms with E-state index >= 15 is 0 Å². The summed E-state index contributed by atoms with van der Waals surface area (Å²) in [6, 6.07) is 5.04. The molecule has 1 aliphatic rings. The average molecular weight is 328 g/mol. The van der Waals surface area contributed by atoms with Gasteiger partial charge in [0.15, 0.2) is 5.82 Å². The van der Waals surface area contributed by atoms with Gasteiger partial charge in [0, 0.05) is 0 Å². The smallest absolute Gasteiger partial charge is 0.328 e. The molecule has 0 radical (unpaired) electrons. The van der Waals surface area contributed by atoms with Crippen LogP contribution < -0.4 is 0 Å². The number of amides is 1. The van der Waals surface area contributed by atoms with Gasteiger partial charge in [0.1, 0.15) is 11.9 Å². The van der Waals surface area contributed by atoms with Crippen molar-refractivity contribution in [3.63, 3.8) is 0 Å². The summed E-state index contributed by atoms with van der Waals surface area (Å²) in [5, 5.41) is 17.6. The molecule has 0 saturated carbocycles. The van der Waals surface area contributed by atoms with Crippen molar-refractivity contribution < 1.29 is 14.7 Å². The summed E-state index contributed by atoms with van der Waals surface area (Å²) in [5.41, 5.74) is 3.02. The Hall–Kier alpha value is -2.70. The van der Waals surface area contributed by atoms with E-state index in [2.05, 4.69) is 10.2 Å². The van der Waals surface area contributed by atoms with E-state index in [-0.39, 0.29) is 25.4 Å². The van der Waals surface area contributed by atoms with Gasteiger partial charge in [0.25, 0.3) is 0 Å². The lowest BCUT2D eigenvalue weighted by Gasteiger charge is -2.33. The highest BCUT2D eigenvalue weighted by atomic mass is 16.4. The van der Waals surface area contributed by atoms with Crippen LogP contribution >= 0.6 is 0 Å². The normalized spacial score (nSPS) is 16.8. The molecule has 1 aliphatic heterocycles. The second-order valence-corrected chi connectivity index (χ2v) is 6.26. The van der Waals surface area contributed by atoms with Crippen molar-refractivity contribution in [1.82, 2.24) is 19.7 Å². The van der Waals surface area contributed by atoms with Crippen LogP contribution in [0.5, 0.6) is 0 Å². The van der Waals surface area contributed by atoms with Gasteiger partial charge in [-0.3, -0.25) is 4.79 Å². The van der Waals surface area contributed by atoms with E-state index in [0.717, 1.165) is 16.7 Å². The van der Waals surface area contributed by atoms with Gasteiger partial charge < -0.3 is 14.6 Å². The van der Waals surface area contributed by atoms with Gasteiger partial charge in [0.2, 0.25) is 5.91 Å². The molecule has 0 fully saturated rings. The van der Waals surface area contributed by atoms with Crippen LogP contribution in [0.15, 0.2) is 18.2 Å². The van der Waals surface area contributed by atoms with Gasteiger partial charge in [-0.25, -0.2) is 4.79 Å². The number of aromatic nitrogens is 3. The van der Waals surface area contributed by atoms with Crippen LogP contribution in [-0.4, -0.2) is 42.7 Å². The summed E-state index contributed by atoms with van der Waals surface area (Å²) in [5.74, 6) is 0.0725. The molecule has 2 heterocycles. The summed E-state index contributed by atoms with van der Waals surface area (Å²) >= 11 is 0. The second-order valence-electron chi connectivity index (χ2n) is 6.26. The molecule has 1 N–H and O–H groups in total. The zero-order valence-electron chi connectivity index (χ0n) is 14.0. The molecule has 24 heavy (non-hydrogen) atoms. The van der Waals surface area contributed by atoms with Crippen LogP contribution in [0.3, 0.4) is 0 Å². The van der Waals surface area contributed by atoms with E-state index in [0.29, 0.717) is 11.6 Å². The number of hydrogen-bond donors (Lipinski definition) is 1. The van der Waals surface area contributed by atoms with Gasteiger partial charge in [0.05, 0.1) is 19.5 Å². The third-order valence-electron chi connectivity index (χ3n) is 4.51. The molecule has 1 aromatic heterocycles. The highest BCUT2D eigenvalue weighted by molar-refractivity contribution is 5.85. The summed E-state index contributed by atoms with van der Waals surface area (Å²) in [4.78, 5) is 25.8. The maximum Gasteiger partial charge on any atom is 0.328 e. The minimum atomic E-state index is -1.01. The minimum absolute atomic E-state index is 0.168. The van der Waals surface area contributed by atoms with Crippen LogP contribution in [0, 0.1) is 20.8 Å². The van der Waals surface area contributed by atoms with E-state index in [1.165, 1.54) is 4.90 Å². The molecule has 1 unspecified atom stereocenters. The van der Waals surface area contributed by atoms with Crippen molar-refractivity contribution in [3.05, 3.63) is 46.5 Å². The zero-order valence-corrected chi connectivity index (χ0v) is 14.0. The van der Waals surface area contributed by atoms with Crippen molar-refractivity contribution in [2.24, 2.45) is 0 Å². The standard InChI is InChI=1S/C17H20N4O3/c1-10-4-5-11(2)13(6-10)7-16(22)21-9-15-19-18-12(3)20(15)8-14(21)17(23)24/h4-6,14H,7-9H2,1-3H3,(H,23,24). The van der Waals surface area contributed by atoms with E-state index in [1.807, 2.05) is 32.0 Å². The highest BCUT2D eigenvalue weighted by Gasteiger charge is 2.36. The van der Waals surface area contributed by atoms with Crippen molar-refractivity contribution >= 4 is 11.9 Å². The van der Waals surface area contributed by atoms with Crippen molar-refractivity contribution in [1.29, 1.82) is 0 Å². The van der Waals surface area contributed by atoms with Crippen molar-refractivity contribution in [3.8, 4) is 0 Å². The summed E-state index contributed by atoms with van der Waals surface area (Å²) in [7, 11) is 0. The first kappa shape index (κ1) is 16.2. The molecule has 7 heteroatoms. The Balaban J connectivity index is 1.87. The first-order valence-corrected chi connectivity index (χ1v) is 7.84. The first-order chi connectivity index (χ1) is 11.4. The fourth-order valence-electron chi connectivity index (χ4n) is 3.04. The van der Waals surface area contributed by atoms with Gasteiger partial charge in [-0.2, -0.15) is 0 Å². The molecule has 1 atom stereocenters.